The summed E-state index contributed by atoms with van der Waals surface area (Å²) in [7, 11) is 3.40. The van der Waals surface area contributed by atoms with Crippen molar-refractivity contribution >= 4 is 11.9 Å². The minimum atomic E-state index is -0.0616. The molecule has 0 radical (unpaired) electrons. The molecular weight excluding hydrogens is 304 g/mol. The second kappa shape index (κ2) is 9.93. The van der Waals surface area contributed by atoms with E-state index in [1.807, 2.05) is 24.3 Å². The average Bonchev–Trinajstić information content (AvgIpc) is 3.43. The lowest BCUT2D eigenvalue weighted by atomic mass is 10.1. The minimum absolute atomic E-state index is 0.0616. The monoisotopic (exact) mass is 332 g/mol. The lowest BCUT2D eigenvalue weighted by Gasteiger charge is -2.12. The van der Waals surface area contributed by atoms with E-state index in [0.29, 0.717) is 12.2 Å². The van der Waals surface area contributed by atoms with Crippen LogP contribution in [0.2, 0.25) is 0 Å². The molecule has 1 aliphatic carbocycles. The Labute approximate surface area is 144 Å². The van der Waals surface area contributed by atoms with Crippen molar-refractivity contribution in [3.05, 3.63) is 35.4 Å². The van der Waals surface area contributed by atoms with Crippen LogP contribution in [-0.2, 0) is 11.2 Å². The standard InChI is InChI=1S/C18H28N4O2/c1-19-17(23)16-5-3-4-14(12-16)8-9-21-18(20-2)22-10-11-24-13-15-6-7-15/h3-5,12,15H,6-11,13H2,1-2H3,(H,19,23)(H2,20,21,22). The summed E-state index contributed by atoms with van der Waals surface area (Å²) >= 11 is 0. The molecule has 1 aliphatic rings. The number of hydrogen-bond acceptors (Lipinski definition) is 3. The molecule has 0 unspecified atom stereocenters. The number of aliphatic imine (C=N–C) groups is 1. The molecular formula is C18H28N4O2. The van der Waals surface area contributed by atoms with Crippen LogP contribution in [0.5, 0.6) is 0 Å². The second-order valence-corrected chi connectivity index (χ2v) is 5.97. The van der Waals surface area contributed by atoms with Crippen LogP contribution in [0.15, 0.2) is 29.3 Å². The summed E-state index contributed by atoms with van der Waals surface area (Å²) in [6, 6.07) is 7.67. The first-order chi connectivity index (χ1) is 11.7. The number of nitrogens with one attached hydrogen (secondary N) is 3. The van der Waals surface area contributed by atoms with E-state index in [4.69, 9.17) is 4.74 Å². The van der Waals surface area contributed by atoms with Crippen LogP contribution in [0.25, 0.3) is 0 Å². The quantitative estimate of drug-likeness (QED) is 0.361. The molecule has 2 rings (SSSR count). The van der Waals surface area contributed by atoms with Crippen LogP contribution in [0.4, 0.5) is 0 Å². The number of hydrogen-bond donors (Lipinski definition) is 3. The lowest BCUT2D eigenvalue weighted by Crippen LogP contribution is -2.39. The van der Waals surface area contributed by atoms with Gasteiger partial charge in [-0.1, -0.05) is 12.1 Å². The van der Waals surface area contributed by atoms with Crippen LogP contribution in [0.3, 0.4) is 0 Å². The second-order valence-electron chi connectivity index (χ2n) is 5.97. The fourth-order valence-electron chi connectivity index (χ4n) is 2.33. The van der Waals surface area contributed by atoms with Gasteiger partial charge in [-0.3, -0.25) is 9.79 Å². The van der Waals surface area contributed by atoms with Gasteiger partial charge in [0, 0.05) is 39.4 Å². The summed E-state index contributed by atoms with van der Waals surface area (Å²) in [4.78, 5) is 15.8. The molecule has 6 heteroatoms. The zero-order valence-corrected chi connectivity index (χ0v) is 14.6. The highest BCUT2D eigenvalue weighted by Gasteiger charge is 2.20. The van der Waals surface area contributed by atoms with E-state index in [1.54, 1.807) is 14.1 Å². The number of ether oxygens (including phenoxy) is 1. The van der Waals surface area contributed by atoms with E-state index in [0.717, 1.165) is 43.6 Å². The molecule has 0 spiro atoms. The highest BCUT2D eigenvalue weighted by molar-refractivity contribution is 5.94. The summed E-state index contributed by atoms with van der Waals surface area (Å²) in [5, 5.41) is 9.15. The minimum Gasteiger partial charge on any atom is -0.379 e. The fraction of sp³-hybridized carbons (Fsp3) is 0.556. The summed E-state index contributed by atoms with van der Waals surface area (Å²) in [5.74, 6) is 1.51. The van der Waals surface area contributed by atoms with Gasteiger partial charge in [-0.15, -0.1) is 0 Å². The molecule has 0 atom stereocenters. The largest absolute Gasteiger partial charge is 0.379 e. The Bertz CT molecular complexity index is 556. The van der Waals surface area contributed by atoms with E-state index in [9.17, 15) is 4.79 Å². The molecule has 24 heavy (non-hydrogen) atoms. The van der Waals surface area contributed by atoms with E-state index in [-0.39, 0.29) is 5.91 Å². The van der Waals surface area contributed by atoms with Crippen molar-refractivity contribution in [3.63, 3.8) is 0 Å². The first-order valence-corrected chi connectivity index (χ1v) is 8.56. The number of amides is 1. The number of benzene rings is 1. The van der Waals surface area contributed by atoms with Crippen molar-refractivity contribution in [3.8, 4) is 0 Å². The molecule has 6 nitrogen and oxygen atoms in total. The topological polar surface area (TPSA) is 74.8 Å². The van der Waals surface area contributed by atoms with Gasteiger partial charge in [-0.05, 0) is 42.9 Å². The van der Waals surface area contributed by atoms with E-state index >= 15 is 0 Å². The molecule has 0 saturated heterocycles. The Balaban J connectivity index is 1.64. The Morgan fingerprint density at radius 1 is 1.29 bits per heavy atom. The van der Waals surface area contributed by atoms with Crippen molar-refractivity contribution in [2.45, 2.75) is 19.3 Å². The maximum absolute atomic E-state index is 11.6. The molecule has 0 heterocycles. The Kier molecular flexibility index (Phi) is 7.55. The third-order valence-corrected chi connectivity index (χ3v) is 3.94. The molecule has 0 aromatic heterocycles. The molecule has 3 N–H and O–H groups in total. The summed E-state index contributed by atoms with van der Waals surface area (Å²) in [6.07, 6.45) is 3.46. The molecule has 1 fully saturated rings. The highest BCUT2D eigenvalue weighted by Crippen LogP contribution is 2.28. The molecule has 0 bridgehead atoms. The van der Waals surface area contributed by atoms with Gasteiger partial charge in [0.1, 0.15) is 0 Å². The van der Waals surface area contributed by atoms with Crippen LogP contribution in [0.1, 0.15) is 28.8 Å². The van der Waals surface area contributed by atoms with Crippen LogP contribution >= 0.6 is 0 Å². The van der Waals surface area contributed by atoms with Gasteiger partial charge in [0.15, 0.2) is 5.96 Å². The number of nitrogens with zero attached hydrogens (tertiary/aromatic N) is 1. The summed E-state index contributed by atoms with van der Waals surface area (Å²) < 4.78 is 5.59. The summed E-state index contributed by atoms with van der Waals surface area (Å²) in [5.41, 5.74) is 1.80. The van der Waals surface area contributed by atoms with Crippen molar-refractivity contribution in [1.82, 2.24) is 16.0 Å². The number of carbonyl (C=O) groups is 1. The zero-order chi connectivity index (χ0) is 17.2. The van der Waals surface area contributed by atoms with E-state index in [2.05, 4.69) is 20.9 Å². The molecule has 132 valence electrons. The Hall–Kier alpha value is -2.08. The van der Waals surface area contributed by atoms with Gasteiger partial charge in [0.05, 0.1) is 6.61 Å². The van der Waals surface area contributed by atoms with E-state index < -0.39 is 0 Å². The van der Waals surface area contributed by atoms with Crippen LogP contribution < -0.4 is 16.0 Å². The van der Waals surface area contributed by atoms with Gasteiger partial charge in [0.2, 0.25) is 0 Å². The lowest BCUT2D eigenvalue weighted by molar-refractivity contribution is 0.0963. The number of guanidine groups is 1. The third-order valence-electron chi connectivity index (χ3n) is 3.94. The molecule has 1 saturated carbocycles. The molecule has 1 amide bonds. The Morgan fingerprint density at radius 2 is 2.08 bits per heavy atom. The van der Waals surface area contributed by atoms with Crippen LogP contribution in [0, 0.1) is 5.92 Å². The van der Waals surface area contributed by atoms with Gasteiger partial charge >= 0.3 is 0 Å². The fourth-order valence-corrected chi connectivity index (χ4v) is 2.33. The molecule has 1 aromatic carbocycles. The normalized spacial score (nSPS) is 14.3. The number of rotatable bonds is 9. The average molecular weight is 332 g/mol. The van der Waals surface area contributed by atoms with Gasteiger partial charge in [0.25, 0.3) is 5.91 Å². The van der Waals surface area contributed by atoms with Crippen molar-refractivity contribution in [2.24, 2.45) is 10.9 Å². The van der Waals surface area contributed by atoms with Crippen LogP contribution in [-0.4, -0.2) is 52.3 Å². The van der Waals surface area contributed by atoms with Crippen molar-refractivity contribution in [2.75, 3.05) is 40.4 Å². The SMILES string of the molecule is CN=C(NCCOCC1CC1)NCCc1cccc(C(=O)NC)c1. The predicted octanol–water partition coefficient (Wildman–Crippen LogP) is 1.18. The molecule has 0 aliphatic heterocycles. The van der Waals surface area contributed by atoms with Crippen molar-refractivity contribution < 1.29 is 9.53 Å². The van der Waals surface area contributed by atoms with Gasteiger partial charge < -0.3 is 20.7 Å². The maximum Gasteiger partial charge on any atom is 0.251 e. The number of carbonyl (C=O) groups excluding carboxylic acids is 1. The highest BCUT2D eigenvalue weighted by atomic mass is 16.5. The predicted molar refractivity (Wildman–Crippen MR) is 96.4 cm³/mol. The van der Waals surface area contributed by atoms with Crippen molar-refractivity contribution in [1.29, 1.82) is 0 Å². The maximum atomic E-state index is 11.6. The Morgan fingerprint density at radius 3 is 2.79 bits per heavy atom. The first-order valence-electron chi connectivity index (χ1n) is 8.56. The zero-order valence-electron chi connectivity index (χ0n) is 14.6. The molecule has 1 aromatic rings. The van der Waals surface area contributed by atoms with E-state index in [1.165, 1.54) is 12.8 Å². The smallest absolute Gasteiger partial charge is 0.251 e. The summed E-state index contributed by atoms with van der Waals surface area (Å²) in [6.45, 7) is 3.08. The first kappa shape index (κ1) is 18.3. The van der Waals surface area contributed by atoms with Gasteiger partial charge in [-0.25, -0.2) is 0 Å². The third kappa shape index (κ3) is 6.58. The van der Waals surface area contributed by atoms with Gasteiger partial charge in [-0.2, -0.15) is 0 Å².